The minimum Gasteiger partial charge on any atom is -0.488 e. The lowest BCUT2D eigenvalue weighted by Gasteiger charge is -2.19. The topological polar surface area (TPSA) is 29.5 Å². The van der Waals surface area contributed by atoms with Crippen molar-refractivity contribution in [2.75, 3.05) is 11.9 Å². The Labute approximate surface area is 157 Å². The molecule has 0 spiro atoms. The van der Waals surface area contributed by atoms with Crippen LogP contribution < -0.4 is 9.64 Å². The van der Waals surface area contributed by atoms with Gasteiger partial charge in [-0.05, 0) is 61.7 Å². The molecule has 4 heteroatoms. The number of carbonyl (C=O) groups excluding carboxylic acids is 1. The van der Waals surface area contributed by atoms with Crippen molar-refractivity contribution in [2.24, 2.45) is 0 Å². The minimum absolute atomic E-state index is 0.0165. The summed E-state index contributed by atoms with van der Waals surface area (Å²) < 4.78 is 5.88. The Balaban J connectivity index is 1.71. The summed E-state index contributed by atoms with van der Waals surface area (Å²) >= 11 is 1.56. The molecule has 0 unspecified atom stereocenters. The number of hydrogen-bond acceptors (Lipinski definition) is 3. The summed E-state index contributed by atoms with van der Waals surface area (Å²) in [5.74, 6) is 0.920. The van der Waals surface area contributed by atoms with E-state index in [4.69, 9.17) is 4.74 Å². The van der Waals surface area contributed by atoms with Gasteiger partial charge in [-0.1, -0.05) is 18.2 Å². The van der Waals surface area contributed by atoms with Gasteiger partial charge in [0.2, 0.25) is 0 Å². The van der Waals surface area contributed by atoms with Gasteiger partial charge in [-0.2, -0.15) is 0 Å². The highest BCUT2D eigenvalue weighted by molar-refractivity contribution is 7.17. The van der Waals surface area contributed by atoms with Gasteiger partial charge in [0.05, 0.1) is 4.88 Å². The normalized spacial score (nSPS) is 12.2. The molecule has 3 nitrogen and oxygen atoms in total. The van der Waals surface area contributed by atoms with E-state index in [1.807, 2.05) is 31.3 Å². The van der Waals surface area contributed by atoms with Crippen LogP contribution in [0.2, 0.25) is 0 Å². The Morgan fingerprint density at radius 3 is 2.62 bits per heavy atom. The van der Waals surface area contributed by atoms with Gasteiger partial charge < -0.3 is 9.64 Å². The van der Waals surface area contributed by atoms with E-state index in [2.05, 4.69) is 39.0 Å². The van der Waals surface area contributed by atoms with Crippen LogP contribution in [0.5, 0.6) is 5.75 Å². The second-order valence-corrected chi connectivity index (χ2v) is 7.89. The summed E-state index contributed by atoms with van der Waals surface area (Å²) in [6.45, 7) is 6.74. The number of carbonyl (C=O) groups is 1. The smallest absolute Gasteiger partial charge is 0.268 e. The average molecular weight is 363 g/mol. The molecule has 3 aromatic rings. The Morgan fingerprint density at radius 2 is 1.85 bits per heavy atom. The number of benzene rings is 2. The number of ether oxygens (including phenoxy) is 1. The van der Waals surface area contributed by atoms with Crippen molar-refractivity contribution in [1.29, 1.82) is 0 Å². The molecule has 0 radical (unpaired) electrons. The highest BCUT2D eigenvalue weighted by atomic mass is 32.1. The van der Waals surface area contributed by atoms with E-state index in [1.54, 1.807) is 16.2 Å². The van der Waals surface area contributed by atoms with Crippen molar-refractivity contribution in [3.8, 4) is 16.2 Å². The van der Waals surface area contributed by atoms with Crippen molar-refractivity contribution < 1.29 is 9.53 Å². The number of aryl methyl sites for hydroxylation is 3. The Morgan fingerprint density at radius 1 is 1.04 bits per heavy atom. The van der Waals surface area contributed by atoms with Crippen LogP contribution in [-0.4, -0.2) is 13.0 Å². The first-order valence-electron chi connectivity index (χ1n) is 8.66. The predicted molar refractivity (Wildman–Crippen MR) is 107 cm³/mol. The maximum Gasteiger partial charge on any atom is 0.268 e. The summed E-state index contributed by atoms with van der Waals surface area (Å²) in [6, 6.07) is 14.2. The number of fused-ring (bicyclic) bond motifs is 3. The number of thiophene rings is 1. The molecule has 1 amide bonds. The van der Waals surface area contributed by atoms with Gasteiger partial charge in [-0.3, -0.25) is 4.79 Å². The molecule has 2 heterocycles. The standard InChI is InChI=1S/C22H21NO2S/c1-13-8-9-17(10-15(13)3)23(4)22(24)19-11-16-12-25-18-7-5-6-14(2)20(18)21(16)26-19/h5-11H,12H2,1-4H3. The lowest BCUT2D eigenvalue weighted by molar-refractivity contribution is 0.0997. The quantitative estimate of drug-likeness (QED) is 0.601. The molecule has 4 rings (SSSR count). The Kier molecular flexibility index (Phi) is 4.08. The third kappa shape index (κ3) is 2.71. The van der Waals surface area contributed by atoms with Gasteiger partial charge in [-0.15, -0.1) is 11.3 Å². The Bertz CT molecular complexity index is 1020. The van der Waals surface area contributed by atoms with Crippen LogP contribution in [0.25, 0.3) is 10.4 Å². The van der Waals surface area contributed by atoms with Crippen LogP contribution in [0.3, 0.4) is 0 Å². The molecule has 26 heavy (non-hydrogen) atoms. The monoisotopic (exact) mass is 363 g/mol. The predicted octanol–water partition coefficient (Wildman–Crippen LogP) is 5.51. The van der Waals surface area contributed by atoms with E-state index in [0.717, 1.165) is 32.3 Å². The molecule has 0 fully saturated rings. The van der Waals surface area contributed by atoms with Gasteiger partial charge in [0.15, 0.2) is 0 Å². The zero-order valence-corrected chi connectivity index (χ0v) is 16.2. The van der Waals surface area contributed by atoms with Gasteiger partial charge in [0.25, 0.3) is 5.91 Å². The first kappa shape index (κ1) is 16.9. The fourth-order valence-electron chi connectivity index (χ4n) is 3.28. The molecule has 2 aromatic carbocycles. The summed E-state index contributed by atoms with van der Waals surface area (Å²) in [6.07, 6.45) is 0. The summed E-state index contributed by atoms with van der Waals surface area (Å²) in [4.78, 5) is 16.7. The van der Waals surface area contributed by atoms with Gasteiger partial charge in [-0.25, -0.2) is 0 Å². The van der Waals surface area contributed by atoms with E-state index in [1.165, 1.54) is 16.7 Å². The lowest BCUT2D eigenvalue weighted by atomic mass is 10.0. The summed E-state index contributed by atoms with van der Waals surface area (Å²) in [7, 11) is 1.83. The molecule has 0 atom stereocenters. The SMILES string of the molecule is Cc1ccc(N(C)C(=O)c2cc3c(s2)-c2c(C)cccc2OC3)cc1C. The molecule has 0 bridgehead atoms. The third-order valence-electron chi connectivity index (χ3n) is 5.05. The zero-order valence-electron chi connectivity index (χ0n) is 15.4. The highest BCUT2D eigenvalue weighted by Crippen LogP contribution is 2.44. The number of nitrogens with zero attached hydrogens (tertiary/aromatic N) is 1. The molecule has 1 aliphatic rings. The van der Waals surface area contributed by atoms with Crippen molar-refractivity contribution in [3.05, 3.63) is 69.6 Å². The van der Waals surface area contributed by atoms with Crippen LogP contribution in [0, 0.1) is 20.8 Å². The molecular weight excluding hydrogens is 342 g/mol. The number of amides is 1. The number of rotatable bonds is 2. The first-order chi connectivity index (χ1) is 12.5. The van der Waals surface area contributed by atoms with Crippen LogP contribution in [0.4, 0.5) is 5.69 Å². The van der Waals surface area contributed by atoms with Crippen LogP contribution in [-0.2, 0) is 6.61 Å². The van der Waals surface area contributed by atoms with Crippen molar-refractivity contribution in [1.82, 2.24) is 0 Å². The van der Waals surface area contributed by atoms with E-state index in [-0.39, 0.29) is 5.91 Å². The zero-order chi connectivity index (χ0) is 18.4. The average Bonchev–Trinajstić information content (AvgIpc) is 3.07. The molecule has 0 saturated carbocycles. The van der Waals surface area contributed by atoms with Crippen LogP contribution in [0.15, 0.2) is 42.5 Å². The molecule has 0 aliphatic carbocycles. The second kappa shape index (κ2) is 6.29. The molecule has 1 aromatic heterocycles. The van der Waals surface area contributed by atoms with Gasteiger partial charge in [0.1, 0.15) is 12.4 Å². The van der Waals surface area contributed by atoms with Gasteiger partial charge >= 0.3 is 0 Å². The molecular formula is C22H21NO2S. The maximum atomic E-state index is 13.1. The largest absolute Gasteiger partial charge is 0.488 e. The third-order valence-corrected chi connectivity index (χ3v) is 6.23. The lowest BCUT2D eigenvalue weighted by Crippen LogP contribution is -2.25. The van der Waals surface area contributed by atoms with Crippen LogP contribution in [0.1, 0.15) is 31.9 Å². The van der Waals surface area contributed by atoms with Crippen molar-refractivity contribution in [3.63, 3.8) is 0 Å². The maximum absolute atomic E-state index is 13.1. The minimum atomic E-state index is 0.0165. The second-order valence-electron chi connectivity index (χ2n) is 6.83. The fraction of sp³-hybridized carbons (Fsp3) is 0.227. The van der Waals surface area contributed by atoms with E-state index in [9.17, 15) is 4.79 Å². The van der Waals surface area contributed by atoms with Crippen molar-refractivity contribution in [2.45, 2.75) is 27.4 Å². The van der Waals surface area contributed by atoms with E-state index < -0.39 is 0 Å². The summed E-state index contributed by atoms with van der Waals surface area (Å²) in [5, 5.41) is 0. The van der Waals surface area contributed by atoms with E-state index >= 15 is 0 Å². The molecule has 0 saturated heterocycles. The fourth-order valence-corrected chi connectivity index (χ4v) is 4.54. The number of hydrogen-bond donors (Lipinski definition) is 0. The number of anilines is 1. The first-order valence-corrected chi connectivity index (χ1v) is 9.48. The highest BCUT2D eigenvalue weighted by Gasteiger charge is 2.25. The molecule has 0 N–H and O–H groups in total. The van der Waals surface area contributed by atoms with Crippen LogP contribution >= 0.6 is 11.3 Å². The molecule has 132 valence electrons. The van der Waals surface area contributed by atoms with E-state index in [0.29, 0.717) is 6.61 Å². The molecule has 1 aliphatic heterocycles. The summed E-state index contributed by atoms with van der Waals surface area (Å²) in [5.41, 5.74) is 6.71. The Hall–Kier alpha value is -2.59. The van der Waals surface area contributed by atoms with Crippen molar-refractivity contribution >= 4 is 22.9 Å². The van der Waals surface area contributed by atoms with Gasteiger partial charge in [0, 0.05) is 28.7 Å².